The molecule has 0 spiro atoms. The molecule has 5 heteroatoms. The fourth-order valence-corrected chi connectivity index (χ4v) is 2.03. The van der Waals surface area contributed by atoms with Gasteiger partial charge in [-0.1, -0.05) is 30.3 Å². The molecule has 96 valence electrons. The van der Waals surface area contributed by atoms with Gasteiger partial charge in [-0.25, -0.2) is 4.59 Å². The number of hydrogen-bond donors (Lipinski definition) is 0. The van der Waals surface area contributed by atoms with Crippen molar-refractivity contribution in [1.29, 1.82) is 0 Å². The van der Waals surface area contributed by atoms with Crippen molar-refractivity contribution < 1.29 is 38.2 Å². The van der Waals surface area contributed by atoms with Gasteiger partial charge in [0.25, 0.3) is 11.8 Å². The monoisotopic (exact) mass is 358 g/mol. The molecule has 2 rings (SSSR count). The quantitative estimate of drug-likeness (QED) is 0.360. The van der Waals surface area contributed by atoms with E-state index in [4.69, 9.17) is 0 Å². The van der Waals surface area contributed by atoms with E-state index in [1.807, 2.05) is 44.4 Å². The standard InChI is InChI=1S/C13H15N2O2.HI/c1-15(2,10-11-6-4-3-5-7-11)14-12(16)8-9-13(14)17;/h3-9H,10H2,1-2H3;1H/q+1;/p-1. The minimum Gasteiger partial charge on any atom is -1.00 e. The summed E-state index contributed by atoms with van der Waals surface area (Å²) in [5.41, 5.74) is 1.09. The molecule has 0 fully saturated rings. The third-order valence-corrected chi connectivity index (χ3v) is 2.74. The van der Waals surface area contributed by atoms with Crippen LogP contribution in [0.25, 0.3) is 0 Å². The Morgan fingerprint density at radius 3 is 2.00 bits per heavy atom. The smallest absolute Gasteiger partial charge is 0.300 e. The van der Waals surface area contributed by atoms with E-state index < -0.39 is 0 Å². The molecule has 1 heterocycles. The Hall–Kier alpha value is -1.21. The van der Waals surface area contributed by atoms with Crippen molar-refractivity contribution >= 4 is 11.8 Å². The maximum Gasteiger partial charge on any atom is 0.300 e. The zero-order chi connectivity index (χ0) is 12.5. The lowest BCUT2D eigenvalue weighted by molar-refractivity contribution is -0.989. The normalized spacial score (nSPS) is 14.9. The first-order valence-corrected chi connectivity index (χ1v) is 5.44. The summed E-state index contributed by atoms with van der Waals surface area (Å²) in [5, 5.41) is 1.26. The molecule has 0 atom stereocenters. The largest absolute Gasteiger partial charge is 1.00 e. The van der Waals surface area contributed by atoms with Crippen molar-refractivity contribution in [1.82, 2.24) is 5.01 Å². The Morgan fingerprint density at radius 2 is 1.50 bits per heavy atom. The van der Waals surface area contributed by atoms with E-state index in [2.05, 4.69) is 0 Å². The number of rotatable bonds is 3. The Morgan fingerprint density at radius 1 is 1.00 bits per heavy atom. The molecule has 1 aliphatic rings. The summed E-state index contributed by atoms with van der Waals surface area (Å²) in [6, 6.07) is 9.80. The Labute approximate surface area is 123 Å². The first kappa shape index (κ1) is 14.8. The van der Waals surface area contributed by atoms with E-state index in [1.165, 1.54) is 17.2 Å². The van der Waals surface area contributed by atoms with Gasteiger partial charge in [-0.2, -0.15) is 0 Å². The minimum absolute atomic E-state index is 0. The van der Waals surface area contributed by atoms with Crippen molar-refractivity contribution in [3.8, 4) is 0 Å². The Kier molecular flexibility index (Phi) is 4.64. The summed E-state index contributed by atoms with van der Waals surface area (Å²) < 4.78 is 0.203. The van der Waals surface area contributed by atoms with Gasteiger partial charge in [-0.05, 0) is 0 Å². The molecule has 0 saturated carbocycles. The predicted octanol–water partition coefficient (Wildman–Crippen LogP) is -1.89. The van der Waals surface area contributed by atoms with Gasteiger partial charge >= 0.3 is 0 Å². The van der Waals surface area contributed by atoms with Crippen LogP contribution in [0.4, 0.5) is 0 Å². The molecular formula is C13H15IN2O2. The predicted molar refractivity (Wildman–Crippen MR) is 63.2 cm³/mol. The molecule has 1 aliphatic heterocycles. The topological polar surface area (TPSA) is 37.4 Å². The number of nitrogens with zero attached hydrogens (tertiary/aromatic N) is 2. The van der Waals surface area contributed by atoms with Crippen molar-refractivity contribution in [3.05, 3.63) is 48.0 Å². The molecule has 0 bridgehead atoms. The summed E-state index contributed by atoms with van der Waals surface area (Å²) in [6.45, 7) is 0.597. The number of carbonyl (C=O) groups is 2. The van der Waals surface area contributed by atoms with Crippen LogP contribution in [0.15, 0.2) is 42.5 Å². The van der Waals surface area contributed by atoms with Gasteiger partial charge in [0.1, 0.15) is 6.54 Å². The first-order chi connectivity index (χ1) is 8.00. The summed E-state index contributed by atoms with van der Waals surface area (Å²) >= 11 is 0. The van der Waals surface area contributed by atoms with Gasteiger partial charge in [-0.3, -0.25) is 9.59 Å². The third-order valence-electron chi connectivity index (χ3n) is 2.74. The highest BCUT2D eigenvalue weighted by Gasteiger charge is 2.38. The van der Waals surface area contributed by atoms with E-state index in [-0.39, 0.29) is 40.4 Å². The fraction of sp³-hybridized carbons (Fsp3) is 0.231. The molecule has 1 aromatic carbocycles. The molecule has 0 aromatic heterocycles. The van der Waals surface area contributed by atoms with Crippen LogP contribution in [0.2, 0.25) is 0 Å². The van der Waals surface area contributed by atoms with E-state index in [9.17, 15) is 9.59 Å². The summed E-state index contributed by atoms with van der Waals surface area (Å²) in [4.78, 5) is 23.2. The highest BCUT2D eigenvalue weighted by atomic mass is 127. The average Bonchev–Trinajstić information content (AvgIpc) is 2.59. The van der Waals surface area contributed by atoms with Crippen LogP contribution in [-0.2, 0) is 16.1 Å². The second-order valence-corrected chi connectivity index (χ2v) is 4.59. The molecule has 0 aliphatic carbocycles. The highest BCUT2D eigenvalue weighted by molar-refractivity contribution is 6.11. The van der Waals surface area contributed by atoms with Crippen molar-refractivity contribution in [2.75, 3.05) is 14.1 Å². The van der Waals surface area contributed by atoms with Crippen molar-refractivity contribution in [2.24, 2.45) is 0 Å². The van der Waals surface area contributed by atoms with Crippen LogP contribution in [-0.4, -0.2) is 35.5 Å². The molecular weight excluding hydrogens is 343 g/mol. The van der Waals surface area contributed by atoms with Crippen LogP contribution in [0.3, 0.4) is 0 Å². The zero-order valence-corrected chi connectivity index (χ0v) is 12.5. The average molecular weight is 358 g/mol. The summed E-state index contributed by atoms with van der Waals surface area (Å²) in [7, 11) is 3.69. The molecule has 2 amide bonds. The second-order valence-electron chi connectivity index (χ2n) is 4.59. The molecule has 18 heavy (non-hydrogen) atoms. The lowest BCUT2D eigenvalue weighted by atomic mass is 10.2. The SMILES string of the molecule is C[N+](C)(Cc1ccccc1)N1C(=O)C=CC1=O.[I-]. The maximum atomic E-state index is 11.6. The van der Waals surface area contributed by atoms with Crippen LogP contribution < -0.4 is 24.0 Å². The number of benzene rings is 1. The second kappa shape index (κ2) is 5.62. The number of amides is 2. The van der Waals surface area contributed by atoms with Crippen molar-refractivity contribution in [2.45, 2.75) is 6.54 Å². The molecule has 0 N–H and O–H groups in total. The fourth-order valence-electron chi connectivity index (χ4n) is 2.03. The lowest BCUT2D eigenvalue weighted by Gasteiger charge is -2.35. The van der Waals surface area contributed by atoms with E-state index in [1.54, 1.807) is 0 Å². The Balaban J connectivity index is 0.00000162. The third kappa shape index (κ3) is 2.97. The van der Waals surface area contributed by atoms with E-state index in [0.717, 1.165) is 5.56 Å². The van der Waals surface area contributed by atoms with Crippen LogP contribution in [0.5, 0.6) is 0 Å². The number of imide groups is 1. The van der Waals surface area contributed by atoms with Crippen LogP contribution in [0.1, 0.15) is 5.56 Å². The van der Waals surface area contributed by atoms with Gasteiger partial charge in [0.15, 0.2) is 0 Å². The van der Waals surface area contributed by atoms with Crippen LogP contribution in [0, 0.1) is 0 Å². The van der Waals surface area contributed by atoms with Crippen molar-refractivity contribution in [3.63, 3.8) is 0 Å². The summed E-state index contributed by atoms with van der Waals surface area (Å²) in [5.74, 6) is -0.508. The van der Waals surface area contributed by atoms with Gasteiger partial charge in [0, 0.05) is 17.7 Å². The zero-order valence-electron chi connectivity index (χ0n) is 10.3. The number of halogens is 1. The molecule has 4 nitrogen and oxygen atoms in total. The van der Waals surface area contributed by atoms with Crippen LogP contribution >= 0.6 is 0 Å². The minimum atomic E-state index is -0.254. The lowest BCUT2D eigenvalue weighted by Crippen LogP contribution is -3.00. The first-order valence-electron chi connectivity index (χ1n) is 5.44. The van der Waals surface area contributed by atoms with Gasteiger partial charge < -0.3 is 24.0 Å². The number of quaternary nitrogens is 1. The van der Waals surface area contributed by atoms with E-state index >= 15 is 0 Å². The molecule has 1 aromatic rings. The molecule has 0 radical (unpaired) electrons. The van der Waals surface area contributed by atoms with Gasteiger partial charge in [-0.15, -0.1) is 5.01 Å². The molecule has 0 unspecified atom stereocenters. The Bertz CT molecular complexity index is 465. The van der Waals surface area contributed by atoms with Gasteiger partial charge in [0.05, 0.1) is 14.1 Å². The van der Waals surface area contributed by atoms with E-state index in [0.29, 0.717) is 6.54 Å². The summed E-state index contributed by atoms with van der Waals surface area (Å²) in [6.07, 6.45) is 2.63. The molecule has 0 saturated heterocycles. The highest BCUT2D eigenvalue weighted by Crippen LogP contribution is 2.17. The number of carbonyl (C=O) groups excluding carboxylic acids is 2. The maximum absolute atomic E-state index is 11.6. The van der Waals surface area contributed by atoms with Gasteiger partial charge in [0.2, 0.25) is 0 Å². The number of hydrogen-bond acceptors (Lipinski definition) is 2.